The van der Waals surface area contributed by atoms with Crippen molar-refractivity contribution in [2.24, 2.45) is 11.8 Å². The van der Waals surface area contributed by atoms with Crippen molar-refractivity contribution in [2.75, 3.05) is 13.1 Å². The van der Waals surface area contributed by atoms with Gasteiger partial charge in [0.15, 0.2) is 5.56 Å². The zero-order valence-electron chi connectivity index (χ0n) is 18.5. The Morgan fingerprint density at radius 3 is 2.64 bits per heavy atom. The molecule has 2 aromatic heterocycles. The maximum absolute atomic E-state index is 13.0. The van der Waals surface area contributed by atoms with Crippen LogP contribution in [0.1, 0.15) is 49.0 Å². The van der Waals surface area contributed by atoms with E-state index < -0.39 is 35.6 Å². The number of nitrogens with one attached hydrogen (secondary N) is 1. The van der Waals surface area contributed by atoms with Gasteiger partial charge < -0.3 is 15.3 Å². The number of likely N-dealkylation sites (tertiary alicyclic amines) is 1. The second-order valence-corrected chi connectivity index (χ2v) is 9.09. The van der Waals surface area contributed by atoms with Gasteiger partial charge in [-0.25, -0.2) is 8.78 Å². The van der Waals surface area contributed by atoms with Crippen molar-refractivity contribution in [3.63, 3.8) is 0 Å². The Morgan fingerprint density at radius 2 is 2.03 bits per heavy atom. The normalized spacial score (nSPS) is 18.8. The maximum Gasteiger partial charge on any atom is 0.291 e. The lowest BCUT2D eigenvalue weighted by Crippen LogP contribution is -2.34. The first kappa shape index (κ1) is 22.9. The summed E-state index contributed by atoms with van der Waals surface area (Å²) in [6.07, 6.45) is 3.50. The van der Waals surface area contributed by atoms with Gasteiger partial charge in [0.25, 0.3) is 11.5 Å². The van der Waals surface area contributed by atoms with Gasteiger partial charge in [0.2, 0.25) is 18.2 Å². The number of carbonyl (C=O) groups excluding carboxylic acids is 2. The number of hydrogen-bond acceptors (Lipinski definition) is 5. The van der Waals surface area contributed by atoms with Gasteiger partial charge in [-0.15, -0.1) is 0 Å². The maximum atomic E-state index is 13.0. The first-order chi connectivity index (χ1) is 15.7. The fourth-order valence-corrected chi connectivity index (χ4v) is 4.01. The Morgan fingerprint density at radius 1 is 1.30 bits per heavy atom. The van der Waals surface area contributed by atoms with Crippen molar-refractivity contribution < 1.29 is 23.5 Å². The molecule has 33 heavy (non-hydrogen) atoms. The lowest BCUT2D eigenvalue weighted by atomic mass is 10.1. The van der Waals surface area contributed by atoms with Crippen LogP contribution in [0.3, 0.4) is 0 Å². The van der Waals surface area contributed by atoms with E-state index in [0.717, 1.165) is 17.4 Å². The Hall–Kier alpha value is -3.24. The Balaban J connectivity index is 1.70. The molecular formula is C22H27F2N5O4. The van der Waals surface area contributed by atoms with E-state index in [1.807, 2.05) is 13.8 Å². The molecule has 0 radical (unpaired) electrons. The Labute approximate surface area is 188 Å². The zero-order valence-corrected chi connectivity index (χ0v) is 18.5. The van der Waals surface area contributed by atoms with E-state index in [2.05, 4.69) is 10.4 Å². The summed E-state index contributed by atoms with van der Waals surface area (Å²) in [5.74, 6) is -2.29. The molecular weight excluding hydrogens is 436 g/mol. The first-order valence-electron chi connectivity index (χ1n) is 11.1. The van der Waals surface area contributed by atoms with Gasteiger partial charge in [-0.2, -0.15) is 9.61 Å². The van der Waals surface area contributed by atoms with Gasteiger partial charge in [0, 0.05) is 43.2 Å². The number of rotatable bonds is 7. The van der Waals surface area contributed by atoms with E-state index in [0.29, 0.717) is 12.1 Å². The number of amides is 2. The summed E-state index contributed by atoms with van der Waals surface area (Å²) in [5.41, 5.74) is -0.508. The van der Waals surface area contributed by atoms with E-state index in [1.54, 1.807) is 0 Å². The summed E-state index contributed by atoms with van der Waals surface area (Å²) >= 11 is 0. The minimum absolute atomic E-state index is 0.00271. The average molecular weight is 463 g/mol. The van der Waals surface area contributed by atoms with Crippen LogP contribution in [0.15, 0.2) is 17.1 Å². The zero-order chi connectivity index (χ0) is 23.9. The highest BCUT2D eigenvalue weighted by molar-refractivity contribution is 5.97. The molecule has 1 saturated heterocycles. The molecule has 0 spiro atoms. The summed E-state index contributed by atoms with van der Waals surface area (Å²) in [6, 6.07) is 0.00271. The topological polar surface area (TPSA) is 109 Å². The third kappa shape index (κ3) is 4.62. The van der Waals surface area contributed by atoms with Crippen LogP contribution in [-0.2, 0) is 11.3 Å². The Bertz CT molecular complexity index is 1170. The van der Waals surface area contributed by atoms with Crippen LogP contribution in [0, 0.1) is 11.8 Å². The second kappa shape index (κ2) is 8.95. The number of carbonyl (C=O) groups is 2. The largest absolute Gasteiger partial charge is 0.494 e. The van der Waals surface area contributed by atoms with Crippen molar-refractivity contribution in [1.82, 2.24) is 24.4 Å². The van der Waals surface area contributed by atoms with Crippen LogP contribution in [-0.4, -0.2) is 61.6 Å². The van der Waals surface area contributed by atoms with Crippen molar-refractivity contribution in [1.29, 1.82) is 0 Å². The molecule has 2 amide bonds. The third-order valence-electron chi connectivity index (χ3n) is 5.90. The smallest absolute Gasteiger partial charge is 0.291 e. The fraction of sp³-hybridized carbons (Fsp3) is 0.545. The lowest BCUT2D eigenvalue weighted by Gasteiger charge is -2.17. The van der Waals surface area contributed by atoms with Crippen molar-refractivity contribution >= 4 is 23.5 Å². The number of hydrogen-bond donors (Lipinski definition) is 2. The molecule has 4 rings (SSSR count). The highest BCUT2D eigenvalue weighted by Gasteiger charge is 2.32. The molecule has 2 aromatic rings. The monoisotopic (exact) mass is 463 g/mol. The van der Waals surface area contributed by atoms with Gasteiger partial charge in [0.05, 0.1) is 6.20 Å². The number of fused-ring (bicyclic) bond motifs is 1. The summed E-state index contributed by atoms with van der Waals surface area (Å²) < 4.78 is 28.3. The molecule has 0 bridgehead atoms. The average Bonchev–Trinajstić information content (AvgIpc) is 3.26. The number of halogens is 2. The van der Waals surface area contributed by atoms with Gasteiger partial charge >= 0.3 is 0 Å². The van der Waals surface area contributed by atoms with Crippen LogP contribution in [0.2, 0.25) is 0 Å². The molecule has 1 atom stereocenters. The first-order valence-corrected chi connectivity index (χ1v) is 11.1. The van der Waals surface area contributed by atoms with Gasteiger partial charge in [-0.3, -0.25) is 19.0 Å². The molecule has 2 fully saturated rings. The summed E-state index contributed by atoms with van der Waals surface area (Å²) in [5, 5.41) is 17.7. The molecule has 1 saturated carbocycles. The van der Waals surface area contributed by atoms with Crippen LogP contribution < -0.4 is 10.9 Å². The van der Waals surface area contributed by atoms with E-state index in [9.17, 15) is 28.3 Å². The SMILES string of the molecule is CC(C)Cn1c(O)c(C(=O)NC2CC2)c(=O)n2ncc(/C=C/C(=O)N3CCC(C(F)F)C3)c12. The quantitative estimate of drug-likeness (QED) is 0.610. The molecule has 1 aliphatic carbocycles. The lowest BCUT2D eigenvalue weighted by molar-refractivity contribution is -0.125. The molecule has 1 unspecified atom stereocenters. The molecule has 2 N–H and O–H groups in total. The van der Waals surface area contributed by atoms with E-state index in [1.165, 1.54) is 27.8 Å². The standard InChI is InChI=1S/C22H27F2N5O4/c1-12(2)10-28-20-13(3-6-16(30)27-8-7-14(11-27)18(23)24)9-25-29(20)22(33)17(21(28)32)19(31)26-15-4-5-15/h3,6,9,12,14-15,18,32H,4-5,7-8,10-11H2,1-2H3,(H,26,31)/b6-3+. The molecule has 0 aromatic carbocycles. The summed E-state index contributed by atoms with van der Waals surface area (Å²) in [6.45, 7) is 4.38. The van der Waals surface area contributed by atoms with E-state index in [-0.39, 0.29) is 42.7 Å². The van der Waals surface area contributed by atoms with Crippen molar-refractivity contribution in [2.45, 2.75) is 52.1 Å². The number of aromatic nitrogens is 3. The van der Waals surface area contributed by atoms with Crippen molar-refractivity contribution in [3.8, 4) is 5.88 Å². The minimum Gasteiger partial charge on any atom is -0.494 e. The molecule has 2 aliphatic rings. The highest BCUT2D eigenvalue weighted by Crippen LogP contribution is 2.26. The second-order valence-electron chi connectivity index (χ2n) is 9.09. The van der Waals surface area contributed by atoms with Crippen LogP contribution in [0.25, 0.3) is 11.7 Å². The molecule has 3 heterocycles. The summed E-state index contributed by atoms with van der Waals surface area (Å²) in [4.78, 5) is 39.5. The molecule has 11 heteroatoms. The summed E-state index contributed by atoms with van der Waals surface area (Å²) in [7, 11) is 0. The van der Waals surface area contributed by atoms with Crippen LogP contribution >= 0.6 is 0 Å². The fourth-order valence-electron chi connectivity index (χ4n) is 4.01. The van der Waals surface area contributed by atoms with Gasteiger partial charge in [0.1, 0.15) is 5.65 Å². The van der Waals surface area contributed by atoms with Gasteiger partial charge in [-0.1, -0.05) is 13.8 Å². The predicted octanol–water partition coefficient (Wildman–Crippen LogP) is 1.88. The molecule has 178 valence electrons. The van der Waals surface area contributed by atoms with Crippen LogP contribution in [0.4, 0.5) is 8.78 Å². The van der Waals surface area contributed by atoms with E-state index in [4.69, 9.17) is 0 Å². The third-order valence-corrected chi connectivity index (χ3v) is 5.90. The number of nitrogens with zero attached hydrogens (tertiary/aromatic N) is 4. The molecule has 9 nitrogen and oxygen atoms in total. The van der Waals surface area contributed by atoms with E-state index >= 15 is 0 Å². The highest BCUT2D eigenvalue weighted by atomic mass is 19.3. The van der Waals surface area contributed by atoms with Crippen LogP contribution in [0.5, 0.6) is 5.88 Å². The van der Waals surface area contributed by atoms with Gasteiger partial charge in [-0.05, 0) is 31.3 Å². The predicted molar refractivity (Wildman–Crippen MR) is 116 cm³/mol. The molecule has 1 aliphatic heterocycles. The number of aromatic hydroxyl groups is 1. The van der Waals surface area contributed by atoms with Crippen molar-refractivity contribution in [3.05, 3.63) is 33.8 Å². The number of alkyl halides is 2. The Kier molecular flexibility index (Phi) is 6.22. The minimum atomic E-state index is -2.47.